The summed E-state index contributed by atoms with van der Waals surface area (Å²) >= 11 is 0. The molecule has 2 N–H and O–H groups in total. The third-order valence-electron chi connectivity index (χ3n) is 3.82. The van der Waals surface area contributed by atoms with Crippen LogP contribution in [0.15, 0.2) is 42.5 Å². The van der Waals surface area contributed by atoms with Crippen LogP contribution in [0.2, 0.25) is 0 Å². The smallest absolute Gasteiger partial charge is 0.265 e. The monoisotopic (exact) mass is 340 g/mol. The summed E-state index contributed by atoms with van der Waals surface area (Å²) in [7, 11) is 0. The fourth-order valence-corrected chi connectivity index (χ4v) is 2.47. The van der Waals surface area contributed by atoms with Gasteiger partial charge < -0.3 is 20.1 Å². The van der Waals surface area contributed by atoms with E-state index in [-0.39, 0.29) is 18.4 Å². The third-order valence-corrected chi connectivity index (χ3v) is 3.82. The molecule has 2 amide bonds. The summed E-state index contributed by atoms with van der Waals surface area (Å²) < 4.78 is 11.0. The number of hydrogen-bond donors (Lipinski definition) is 2. The zero-order valence-electron chi connectivity index (χ0n) is 14.2. The fourth-order valence-electron chi connectivity index (χ4n) is 2.47. The van der Waals surface area contributed by atoms with Gasteiger partial charge in [-0.3, -0.25) is 9.59 Å². The van der Waals surface area contributed by atoms with Gasteiger partial charge in [0, 0.05) is 6.54 Å². The standard InChI is InChI=1S/C19H20N2O4/c1-12-4-3-5-15(8-12)24-11-18(22)20-10-14-6-7-17-16(9-14)21-19(23)13(2)25-17/h3-9,13H,10-11H2,1-2H3,(H,20,22)(H,21,23). The summed E-state index contributed by atoms with van der Waals surface area (Å²) in [6.45, 7) is 3.95. The van der Waals surface area contributed by atoms with E-state index < -0.39 is 6.10 Å². The maximum atomic E-state index is 11.9. The molecule has 0 radical (unpaired) electrons. The van der Waals surface area contributed by atoms with Crippen molar-refractivity contribution in [3.05, 3.63) is 53.6 Å². The summed E-state index contributed by atoms with van der Waals surface area (Å²) in [5.74, 6) is 0.899. The van der Waals surface area contributed by atoms with Gasteiger partial charge in [-0.25, -0.2) is 0 Å². The number of fused-ring (bicyclic) bond motifs is 1. The van der Waals surface area contributed by atoms with Gasteiger partial charge in [0.15, 0.2) is 12.7 Å². The van der Waals surface area contributed by atoms with E-state index in [4.69, 9.17) is 9.47 Å². The Hall–Kier alpha value is -3.02. The Morgan fingerprint density at radius 1 is 1.28 bits per heavy atom. The van der Waals surface area contributed by atoms with Gasteiger partial charge in [-0.15, -0.1) is 0 Å². The van der Waals surface area contributed by atoms with Crippen LogP contribution in [0.5, 0.6) is 11.5 Å². The second-order valence-corrected chi connectivity index (χ2v) is 5.96. The van der Waals surface area contributed by atoms with Crippen LogP contribution < -0.4 is 20.1 Å². The minimum Gasteiger partial charge on any atom is -0.484 e. The van der Waals surface area contributed by atoms with Gasteiger partial charge in [0.2, 0.25) is 0 Å². The Morgan fingerprint density at radius 3 is 2.92 bits per heavy atom. The highest BCUT2D eigenvalue weighted by atomic mass is 16.5. The average molecular weight is 340 g/mol. The average Bonchev–Trinajstić information content (AvgIpc) is 2.59. The van der Waals surface area contributed by atoms with Crippen LogP contribution in [0.4, 0.5) is 5.69 Å². The maximum Gasteiger partial charge on any atom is 0.265 e. The molecule has 0 saturated heterocycles. The Kier molecular flexibility index (Phi) is 4.88. The molecule has 130 valence electrons. The second kappa shape index (κ2) is 7.25. The molecule has 1 unspecified atom stereocenters. The van der Waals surface area contributed by atoms with Crippen molar-refractivity contribution in [2.24, 2.45) is 0 Å². The molecule has 1 atom stereocenters. The van der Waals surface area contributed by atoms with Crippen LogP contribution in [0.3, 0.4) is 0 Å². The normalized spacial score (nSPS) is 15.6. The van der Waals surface area contributed by atoms with Crippen LogP contribution in [0.25, 0.3) is 0 Å². The molecule has 1 aliphatic heterocycles. The van der Waals surface area contributed by atoms with Gasteiger partial charge in [-0.2, -0.15) is 0 Å². The first-order chi connectivity index (χ1) is 12.0. The van der Waals surface area contributed by atoms with Crippen molar-refractivity contribution < 1.29 is 19.1 Å². The van der Waals surface area contributed by atoms with Crippen molar-refractivity contribution in [3.8, 4) is 11.5 Å². The predicted molar refractivity (Wildman–Crippen MR) is 93.7 cm³/mol. The number of hydrogen-bond acceptors (Lipinski definition) is 4. The molecule has 6 nitrogen and oxygen atoms in total. The predicted octanol–water partition coefficient (Wildman–Crippen LogP) is 2.41. The molecule has 25 heavy (non-hydrogen) atoms. The van der Waals surface area contributed by atoms with Gasteiger partial charge in [0.05, 0.1) is 5.69 Å². The first-order valence-corrected chi connectivity index (χ1v) is 8.08. The van der Waals surface area contributed by atoms with E-state index in [9.17, 15) is 9.59 Å². The largest absolute Gasteiger partial charge is 0.484 e. The van der Waals surface area contributed by atoms with Crippen LogP contribution in [0.1, 0.15) is 18.1 Å². The number of anilines is 1. The van der Waals surface area contributed by atoms with Crippen LogP contribution in [0, 0.1) is 6.92 Å². The minimum atomic E-state index is -0.503. The van der Waals surface area contributed by atoms with E-state index in [1.165, 1.54) is 0 Å². The highest BCUT2D eigenvalue weighted by molar-refractivity contribution is 5.97. The lowest BCUT2D eigenvalue weighted by molar-refractivity contribution is -0.123. The second-order valence-electron chi connectivity index (χ2n) is 5.96. The van der Waals surface area contributed by atoms with Gasteiger partial charge in [0.1, 0.15) is 11.5 Å². The molecule has 3 rings (SSSR count). The van der Waals surface area contributed by atoms with E-state index in [0.29, 0.717) is 23.7 Å². The zero-order chi connectivity index (χ0) is 17.8. The lowest BCUT2D eigenvalue weighted by Gasteiger charge is -2.23. The number of amides is 2. The molecule has 0 aliphatic carbocycles. The Labute approximate surface area is 146 Å². The Balaban J connectivity index is 1.52. The summed E-state index contributed by atoms with van der Waals surface area (Å²) in [4.78, 5) is 23.6. The number of ether oxygens (including phenoxy) is 2. The summed E-state index contributed by atoms with van der Waals surface area (Å²) in [6.07, 6.45) is -0.503. The van der Waals surface area contributed by atoms with E-state index >= 15 is 0 Å². The topological polar surface area (TPSA) is 76.7 Å². The van der Waals surface area contributed by atoms with Crippen molar-refractivity contribution in [3.63, 3.8) is 0 Å². The van der Waals surface area contributed by atoms with Gasteiger partial charge >= 0.3 is 0 Å². The molecule has 2 aromatic carbocycles. The van der Waals surface area contributed by atoms with E-state index in [1.54, 1.807) is 19.1 Å². The first kappa shape index (κ1) is 16.8. The van der Waals surface area contributed by atoms with Gasteiger partial charge in [-0.1, -0.05) is 18.2 Å². The van der Waals surface area contributed by atoms with Crippen molar-refractivity contribution in [2.45, 2.75) is 26.5 Å². The lowest BCUT2D eigenvalue weighted by atomic mass is 10.1. The number of benzene rings is 2. The number of nitrogens with one attached hydrogen (secondary N) is 2. The number of carbonyl (C=O) groups excluding carboxylic acids is 2. The van der Waals surface area contributed by atoms with Crippen molar-refractivity contribution in [2.75, 3.05) is 11.9 Å². The minimum absolute atomic E-state index is 0.0498. The van der Waals surface area contributed by atoms with Crippen LogP contribution in [-0.4, -0.2) is 24.5 Å². The molecule has 0 fully saturated rings. The highest BCUT2D eigenvalue weighted by Gasteiger charge is 2.23. The molecule has 0 bridgehead atoms. The Bertz CT molecular complexity index is 804. The molecule has 0 spiro atoms. The molecular formula is C19H20N2O4. The van der Waals surface area contributed by atoms with Crippen molar-refractivity contribution in [1.82, 2.24) is 5.32 Å². The summed E-state index contributed by atoms with van der Waals surface area (Å²) in [5.41, 5.74) is 2.55. The lowest BCUT2D eigenvalue weighted by Crippen LogP contribution is -2.34. The van der Waals surface area contributed by atoms with E-state index in [2.05, 4.69) is 10.6 Å². The van der Waals surface area contributed by atoms with Crippen molar-refractivity contribution in [1.29, 1.82) is 0 Å². The summed E-state index contributed by atoms with van der Waals surface area (Å²) in [6, 6.07) is 13.0. The summed E-state index contributed by atoms with van der Waals surface area (Å²) in [5, 5.41) is 5.58. The van der Waals surface area contributed by atoms with Crippen LogP contribution >= 0.6 is 0 Å². The van der Waals surface area contributed by atoms with Crippen LogP contribution in [-0.2, 0) is 16.1 Å². The molecule has 1 heterocycles. The molecule has 0 saturated carbocycles. The fraction of sp³-hybridized carbons (Fsp3) is 0.263. The first-order valence-electron chi connectivity index (χ1n) is 8.08. The third kappa shape index (κ3) is 4.29. The number of aryl methyl sites for hydroxylation is 1. The quantitative estimate of drug-likeness (QED) is 0.876. The Morgan fingerprint density at radius 2 is 2.12 bits per heavy atom. The van der Waals surface area contributed by atoms with E-state index in [0.717, 1.165) is 11.1 Å². The zero-order valence-corrected chi connectivity index (χ0v) is 14.2. The SMILES string of the molecule is Cc1cccc(OCC(=O)NCc2ccc3c(c2)NC(=O)C(C)O3)c1. The highest BCUT2D eigenvalue weighted by Crippen LogP contribution is 2.30. The van der Waals surface area contributed by atoms with Gasteiger partial charge in [0.25, 0.3) is 11.8 Å². The number of carbonyl (C=O) groups is 2. The molecule has 6 heteroatoms. The molecule has 1 aliphatic rings. The van der Waals surface area contributed by atoms with Crippen molar-refractivity contribution >= 4 is 17.5 Å². The molecule has 2 aromatic rings. The van der Waals surface area contributed by atoms with E-state index in [1.807, 2.05) is 37.3 Å². The molecular weight excluding hydrogens is 320 g/mol. The molecule has 0 aromatic heterocycles. The number of rotatable bonds is 5. The maximum absolute atomic E-state index is 11.9. The van der Waals surface area contributed by atoms with Gasteiger partial charge in [-0.05, 0) is 49.2 Å².